The molecular weight excluding hydrogens is 264 g/mol. The second kappa shape index (κ2) is 7.98. The molecule has 1 atom stereocenters. The average molecular weight is 290 g/mol. The lowest BCUT2D eigenvalue weighted by molar-refractivity contribution is 0.239. The van der Waals surface area contributed by atoms with Crippen LogP contribution in [0.4, 0.5) is 11.6 Å². The molecule has 1 aliphatic rings. The summed E-state index contributed by atoms with van der Waals surface area (Å²) in [5, 5.41) is 12.8. The van der Waals surface area contributed by atoms with Gasteiger partial charge in [0.1, 0.15) is 18.0 Å². The molecule has 2 heterocycles. The summed E-state index contributed by atoms with van der Waals surface area (Å²) in [6.07, 6.45) is 8.17. The van der Waals surface area contributed by atoms with Crippen molar-refractivity contribution in [2.24, 2.45) is 0 Å². The quantitative estimate of drug-likeness (QED) is 0.623. The van der Waals surface area contributed by atoms with Gasteiger partial charge < -0.3 is 15.3 Å². The molecule has 0 radical (unpaired) electrons. The molecule has 0 spiro atoms. The normalized spacial score (nSPS) is 18.4. The van der Waals surface area contributed by atoms with E-state index in [1.807, 2.05) is 6.07 Å². The first-order valence-corrected chi connectivity index (χ1v) is 7.77. The molecule has 116 valence electrons. The van der Waals surface area contributed by atoms with Crippen LogP contribution >= 0.6 is 0 Å². The number of nitrogens with zero attached hydrogens (tertiary/aromatic N) is 3. The van der Waals surface area contributed by atoms with Gasteiger partial charge in [-0.1, -0.05) is 11.6 Å². The van der Waals surface area contributed by atoms with Crippen LogP contribution in [0.3, 0.4) is 0 Å². The minimum absolute atomic E-state index is 0.187. The van der Waals surface area contributed by atoms with E-state index in [0.29, 0.717) is 0 Å². The summed E-state index contributed by atoms with van der Waals surface area (Å²) in [4.78, 5) is 10.8. The molecule has 1 aromatic rings. The van der Waals surface area contributed by atoms with Crippen LogP contribution in [0, 0.1) is 0 Å². The van der Waals surface area contributed by atoms with Crippen LogP contribution in [-0.2, 0) is 0 Å². The van der Waals surface area contributed by atoms with Crippen LogP contribution in [0.2, 0.25) is 0 Å². The Kier molecular flexibility index (Phi) is 5.99. The molecule has 5 nitrogen and oxygen atoms in total. The highest BCUT2D eigenvalue weighted by atomic mass is 16.3. The summed E-state index contributed by atoms with van der Waals surface area (Å²) in [5.74, 6) is 1.76. The Labute approximate surface area is 127 Å². The molecule has 1 fully saturated rings. The van der Waals surface area contributed by atoms with Crippen LogP contribution in [-0.4, -0.2) is 40.8 Å². The molecular formula is C16H26N4O. The van der Waals surface area contributed by atoms with Gasteiger partial charge in [-0.15, -0.1) is 0 Å². The van der Waals surface area contributed by atoms with Crippen molar-refractivity contribution in [1.29, 1.82) is 0 Å². The number of aliphatic hydroxyl groups is 1. The van der Waals surface area contributed by atoms with Crippen molar-refractivity contribution in [3.05, 3.63) is 24.0 Å². The van der Waals surface area contributed by atoms with Gasteiger partial charge in [-0.3, -0.25) is 0 Å². The molecule has 2 rings (SSSR count). The summed E-state index contributed by atoms with van der Waals surface area (Å²) in [5.41, 5.74) is 1.33. The topological polar surface area (TPSA) is 61.3 Å². The number of nitrogens with one attached hydrogen (secondary N) is 1. The maximum Gasteiger partial charge on any atom is 0.134 e. The Bertz CT molecular complexity index is 471. The maximum absolute atomic E-state index is 9.51. The maximum atomic E-state index is 9.51. The molecule has 5 heteroatoms. The average Bonchev–Trinajstić information content (AvgIpc) is 2.51. The number of rotatable bonds is 6. The lowest BCUT2D eigenvalue weighted by Crippen LogP contribution is -2.42. The Morgan fingerprint density at radius 1 is 1.43 bits per heavy atom. The monoisotopic (exact) mass is 290 g/mol. The predicted molar refractivity (Wildman–Crippen MR) is 86.6 cm³/mol. The van der Waals surface area contributed by atoms with E-state index in [9.17, 15) is 5.11 Å². The van der Waals surface area contributed by atoms with E-state index in [1.54, 1.807) is 6.33 Å². The van der Waals surface area contributed by atoms with E-state index in [2.05, 4.69) is 40.1 Å². The third kappa shape index (κ3) is 4.70. The molecule has 0 aromatic carbocycles. The Morgan fingerprint density at radius 2 is 2.29 bits per heavy atom. The molecule has 0 saturated carbocycles. The van der Waals surface area contributed by atoms with E-state index in [-0.39, 0.29) is 12.6 Å². The lowest BCUT2D eigenvalue weighted by Gasteiger charge is -2.35. The van der Waals surface area contributed by atoms with Crippen LogP contribution in [0.1, 0.15) is 39.5 Å². The first kappa shape index (κ1) is 15.8. The molecule has 0 aliphatic carbocycles. The molecule has 1 aromatic heterocycles. The molecule has 0 bridgehead atoms. The van der Waals surface area contributed by atoms with E-state index < -0.39 is 0 Å². The smallest absolute Gasteiger partial charge is 0.134 e. The van der Waals surface area contributed by atoms with E-state index >= 15 is 0 Å². The largest absolute Gasteiger partial charge is 0.394 e. The fourth-order valence-corrected chi connectivity index (χ4v) is 2.65. The standard InChI is InChI=1S/C16H26N4O/c1-13(2)6-5-8-17-15-10-16(19-12-18-15)20-9-4-3-7-14(20)11-21/h6,10,12,14,21H,3-5,7-9,11H2,1-2H3,(H,17,18,19). The Morgan fingerprint density at radius 3 is 3.05 bits per heavy atom. The third-order valence-electron chi connectivity index (χ3n) is 3.79. The molecule has 0 amide bonds. The van der Waals surface area contributed by atoms with Gasteiger partial charge in [0.05, 0.1) is 12.6 Å². The summed E-state index contributed by atoms with van der Waals surface area (Å²) in [6.45, 7) is 6.22. The number of piperidine rings is 1. The number of allylic oxidation sites excluding steroid dienone is 1. The summed E-state index contributed by atoms with van der Waals surface area (Å²) in [6, 6.07) is 2.17. The fourth-order valence-electron chi connectivity index (χ4n) is 2.65. The first-order valence-electron chi connectivity index (χ1n) is 7.77. The highest BCUT2D eigenvalue weighted by Gasteiger charge is 2.22. The molecule has 1 saturated heterocycles. The minimum Gasteiger partial charge on any atom is -0.394 e. The SMILES string of the molecule is CC(C)=CCCNc1cc(N2CCCCC2CO)ncn1. The molecule has 1 aliphatic heterocycles. The van der Waals surface area contributed by atoms with Crippen molar-refractivity contribution in [2.75, 3.05) is 29.9 Å². The van der Waals surface area contributed by atoms with Gasteiger partial charge in [0.15, 0.2) is 0 Å². The van der Waals surface area contributed by atoms with Gasteiger partial charge in [0.25, 0.3) is 0 Å². The summed E-state index contributed by atoms with van der Waals surface area (Å²) in [7, 11) is 0. The van der Waals surface area contributed by atoms with Crippen LogP contribution < -0.4 is 10.2 Å². The first-order chi connectivity index (χ1) is 10.2. The molecule has 21 heavy (non-hydrogen) atoms. The van der Waals surface area contributed by atoms with Crippen LogP contribution in [0.15, 0.2) is 24.0 Å². The zero-order chi connectivity index (χ0) is 15.1. The number of hydrogen-bond acceptors (Lipinski definition) is 5. The van der Waals surface area contributed by atoms with E-state index in [1.165, 1.54) is 12.0 Å². The Balaban J connectivity index is 1.98. The van der Waals surface area contributed by atoms with Gasteiger partial charge in [0, 0.05) is 19.2 Å². The third-order valence-corrected chi connectivity index (χ3v) is 3.79. The van der Waals surface area contributed by atoms with Crippen LogP contribution in [0.5, 0.6) is 0 Å². The van der Waals surface area contributed by atoms with E-state index in [4.69, 9.17) is 0 Å². The molecule has 2 N–H and O–H groups in total. The van der Waals surface area contributed by atoms with Crippen LogP contribution in [0.25, 0.3) is 0 Å². The number of aliphatic hydroxyl groups excluding tert-OH is 1. The Hall–Kier alpha value is -1.62. The van der Waals surface area contributed by atoms with E-state index in [0.717, 1.165) is 44.0 Å². The predicted octanol–water partition coefficient (Wildman–Crippen LogP) is 2.60. The van der Waals surface area contributed by atoms with Crippen molar-refractivity contribution in [3.8, 4) is 0 Å². The second-order valence-electron chi connectivity index (χ2n) is 5.78. The van der Waals surface area contributed by atoms with Gasteiger partial charge in [-0.05, 0) is 39.5 Å². The van der Waals surface area contributed by atoms with Crippen molar-refractivity contribution >= 4 is 11.6 Å². The van der Waals surface area contributed by atoms with Crippen molar-refractivity contribution < 1.29 is 5.11 Å². The zero-order valence-corrected chi connectivity index (χ0v) is 13.0. The fraction of sp³-hybridized carbons (Fsp3) is 0.625. The minimum atomic E-state index is 0.187. The number of hydrogen-bond donors (Lipinski definition) is 2. The second-order valence-corrected chi connectivity index (χ2v) is 5.78. The van der Waals surface area contributed by atoms with Gasteiger partial charge in [0.2, 0.25) is 0 Å². The number of anilines is 2. The van der Waals surface area contributed by atoms with Crippen molar-refractivity contribution in [1.82, 2.24) is 9.97 Å². The van der Waals surface area contributed by atoms with Gasteiger partial charge in [-0.2, -0.15) is 0 Å². The van der Waals surface area contributed by atoms with Gasteiger partial charge in [-0.25, -0.2) is 9.97 Å². The summed E-state index contributed by atoms with van der Waals surface area (Å²) < 4.78 is 0. The van der Waals surface area contributed by atoms with Gasteiger partial charge >= 0.3 is 0 Å². The highest BCUT2D eigenvalue weighted by Crippen LogP contribution is 2.23. The highest BCUT2D eigenvalue weighted by molar-refractivity contribution is 5.49. The zero-order valence-electron chi connectivity index (χ0n) is 13.0. The van der Waals surface area contributed by atoms with Crippen molar-refractivity contribution in [2.45, 2.75) is 45.6 Å². The molecule has 1 unspecified atom stereocenters. The lowest BCUT2D eigenvalue weighted by atomic mass is 10.0. The number of aromatic nitrogens is 2. The summed E-state index contributed by atoms with van der Waals surface area (Å²) >= 11 is 0. The van der Waals surface area contributed by atoms with Crippen molar-refractivity contribution in [3.63, 3.8) is 0 Å².